The minimum absolute atomic E-state index is 0.0679. The first-order valence-electron chi connectivity index (χ1n) is 6.99. The van der Waals surface area contributed by atoms with E-state index in [9.17, 15) is 4.79 Å². The van der Waals surface area contributed by atoms with E-state index in [1.54, 1.807) is 16.8 Å². The minimum Gasteiger partial charge on any atom is -0.490 e. The third-order valence-electron chi connectivity index (χ3n) is 3.06. The monoisotopic (exact) mass is 288 g/mol. The van der Waals surface area contributed by atoms with E-state index in [1.165, 1.54) is 0 Å². The van der Waals surface area contributed by atoms with Gasteiger partial charge < -0.3 is 19.8 Å². The molecule has 0 bridgehead atoms. The number of ether oxygens (including phenoxy) is 2. The average molecular weight is 288 g/mol. The molecule has 0 saturated heterocycles. The fourth-order valence-electron chi connectivity index (χ4n) is 2.02. The molecule has 0 aliphatic rings. The third kappa shape index (κ3) is 3.86. The Morgan fingerprint density at radius 3 is 2.48 bits per heavy atom. The van der Waals surface area contributed by atoms with Crippen LogP contribution < -0.4 is 20.8 Å². The van der Waals surface area contributed by atoms with Crippen LogP contribution in [0.25, 0.3) is 0 Å². The van der Waals surface area contributed by atoms with Crippen molar-refractivity contribution in [2.75, 3.05) is 13.2 Å². The van der Waals surface area contributed by atoms with Gasteiger partial charge in [-0.25, -0.2) is 0 Å². The maximum absolute atomic E-state index is 12.0. The Morgan fingerprint density at radius 1 is 1.10 bits per heavy atom. The van der Waals surface area contributed by atoms with Crippen molar-refractivity contribution in [3.8, 4) is 11.5 Å². The summed E-state index contributed by atoms with van der Waals surface area (Å²) in [5.41, 5.74) is 6.07. The van der Waals surface area contributed by atoms with Gasteiger partial charge in [-0.2, -0.15) is 0 Å². The third-order valence-corrected chi connectivity index (χ3v) is 3.06. The predicted octanol–water partition coefficient (Wildman–Crippen LogP) is 1.78. The van der Waals surface area contributed by atoms with Gasteiger partial charge in [-0.3, -0.25) is 4.79 Å². The summed E-state index contributed by atoms with van der Waals surface area (Å²) in [7, 11) is 0. The Kier molecular flexibility index (Phi) is 5.40. The zero-order valence-corrected chi connectivity index (χ0v) is 12.1. The van der Waals surface area contributed by atoms with Gasteiger partial charge in [-0.05, 0) is 25.1 Å². The Labute approximate surface area is 123 Å². The van der Waals surface area contributed by atoms with Crippen LogP contribution in [-0.4, -0.2) is 17.8 Å². The van der Waals surface area contributed by atoms with Crippen LogP contribution in [0, 0.1) is 0 Å². The highest BCUT2D eigenvalue weighted by molar-refractivity contribution is 5.39. The van der Waals surface area contributed by atoms with Crippen molar-refractivity contribution in [2.45, 2.75) is 20.0 Å². The van der Waals surface area contributed by atoms with E-state index in [1.807, 2.05) is 37.3 Å². The smallest absolute Gasteiger partial charge is 0.255 e. The Balaban J connectivity index is 2.01. The maximum Gasteiger partial charge on any atom is 0.255 e. The number of nitrogens with two attached hydrogens (primary N) is 1. The number of hydrogen-bond donors (Lipinski definition) is 1. The largest absolute Gasteiger partial charge is 0.490 e. The molecule has 2 aromatic rings. The minimum atomic E-state index is -0.0679. The van der Waals surface area contributed by atoms with Crippen molar-refractivity contribution in [1.29, 1.82) is 0 Å². The summed E-state index contributed by atoms with van der Waals surface area (Å²) < 4.78 is 12.8. The molecule has 1 aromatic heterocycles. The Hall–Kier alpha value is -2.27. The van der Waals surface area contributed by atoms with Crippen LogP contribution in [0.15, 0.2) is 47.4 Å². The topological polar surface area (TPSA) is 66.5 Å². The molecule has 0 amide bonds. The van der Waals surface area contributed by atoms with Gasteiger partial charge in [0, 0.05) is 18.3 Å². The second-order valence-corrected chi connectivity index (χ2v) is 4.46. The van der Waals surface area contributed by atoms with Crippen LogP contribution in [0.3, 0.4) is 0 Å². The summed E-state index contributed by atoms with van der Waals surface area (Å²) in [4.78, 5) is 12.0. The summed E-state index contributed by atoms with van der Waals surface area (Å²) in [6, 6.07) is 11.1. The molecule has 112 valence electrons. The zero-order chi connectivity index (χ0) is 15.1. The summed E-state index contributed by atoms with van der Waals surface area (Å²) in [5.74, 6) is 1.39. The molecular weight excluding hydrogens is 268 g/mol. The molecule has 1 heterocycles. The lowest BCUT2D eigenvalue weighted by molar-refractivity contribution is 0.265. The molecule has 1 aromatic carbocycles. The first kappa shape index (κ1) is 15.1. The lowest BCUT2D eigenvalue weighted by Crippen LogP contribution is -2.26. The number of nitrogens with zero attached hydrogens (tertiary/aromatic N) is 1. The van der Waals surface area contributed by atoms with Crippen molar-refractivity contribution in [3.63, 3.8) is 0 Å². The van der Waals surface area contributed by atoms with E-state index < -0.39 is 0 Å². The molecule has 0 atom stereocenters. The van der Waals surface area contributed by atoms with E-state index in [0.29, 0.717) is 36.8 Å². The number of para-hydroxylation sites is 2. The lowest BCUT2D eigenvalue weighted by Gasteiger charge is -2.12. The van der Waals surface area contributed by atoms with Crippen LogP contribution in [0.5, 0.6) is 11.5 Å². The quantitative estimate of drug-likeness (QED) is 0.843. The summed E-state index contributed by atoms with van der Waals surface area (Å²) in [6.07, 6.45) is 1.74. The highest BCUT2D eigenvalue weighted by Crippen LogP contribution is 2.26. The first-order valence-corrected chi connectivity index (χ1v) is 6.99. The number of pyridine rings is 1. The molecule has 0 radical (unpaired) electrons. The van der Waals surface area contributed by atoms with Gasteiger partial charge in [-0.15, -0.1) is 0 Å². The fraction of sp³-hybridized carbons (Fsp3) is 0.312. The van der Waals surface area contributed by atoms with Gasteiger partial charge in [0.25, 0.3) is 5.56 Å². The summed E-state index contributed by atoms with van der Waals surface area (Å²) >= 11 is 0. The number of rotatable bonds is 7. The molecular formula is C16H20N2O3. The van der Waals surface area contributed by atoms with Gasteiger partial charge in [-0.1, -0.05) is 18.2 Å². The molecule has 0 spiro atoms. The normalized spacial score (nSPS) is 10.4. The molecule has 0 fully saturated rings. The van der Waals surface area contributed by atoms with Crippen molar-refractivity contribution in [3.05, 3.63) is 58.5 Å². The van der Waals surface area contributed by atoms with Gasteiger partial charge in [0.1, 0.15) is 6.61 Å². The van der Waals surface area contributed by atoms with Crippen LogP contribution in [0.2, 0.25) is 0 Å². The molecule has 0 aliphatic heterocycles. The average Bonchev–Trinajstić information content (AvgIpc) is 2.51. The fourth-order valence-corrected chi connectivity index (χ4v) is 2.02. The van der Waals surface area contributed by atoms with Gasteiger partial charge in [0.2, 0.25) is 0 Å². The molecule has 5 nitrogen and oxygen atoms in total. The van der Waals surface area contributed by atoms with Crippen molar-refractivity contribution < 1.29 is 9.47 Å². The van der Waals surface area contributed by atoms with Crippen molar-refractivity contribution in [1.82, 2.24) is 4.57 Å². The second-order valence-electron chi connectivity index (χ2n) is 4.46. The summed E-state index contributed by atoms with van der Waals surface area (Å²) in [5, 5.41) is 0. The van der Waals surface area contributed by atoms with Crippen LogP contribution in [0.1, 0.15) is 12.5 Å². The van der Waals surface area contributed by atoms with Gasteiger partial charge in [0.15, 0.2) is 11.5 Å². The van der Waals surface area contributed by atoms with Crippen molar-refractivity contribution in [2.24, 2.45) is 5.73 Å². The number of hydrogen-bond acceptors (Lipinski definition) is 4. The van der Waals surface area contributed by atoms with Crippen LogP contribution in [0.4, 0.5) is 0 Å². The molecule has 0 saturated carbocycles. The Morgan fingerprint density at radius 2 is 1.81 bits per heavy atom. The van der Waals surface area contributed by atoms with E-state index in [4.69, 9.17) is 15.2 Å². The molecule has 0 aliphatic carbocycles. The molecule has 2 rings (SSSR count). The maximum atomic E-state index is 12.0. The SMILES string of the molecule is CCOc1ccccc1OCCn1cccc(CN)c1=O. The summed E-state index contributed by atoms with van der Waals surface area (Å²) in [6.45, 7) is 3.60. The van der Waals surface area contributed by atoms with Crippen LogP contribution >= 0.6 is 0 Å². The zero-order valence-electron chi connectivity index (χ0n) is 12.1. The number of benzene rings is 1. The van der Waals surface area contributed by atoms with E-state index in [2.05, 4.69) is 0 Å². The second kappa shape index (κ2) is 7.50. The predicted molar refractivity (Wildman–Crippen MR) is 81.7 cm³/mol. The van der Waals surface area contributed by atoms with E-state index >= 15 is 0 Å². The first-order chi connectivity index (χ1) is 10.3. The van der Waals surface area contributed by atoms with E-state index in [0.717, 1.165) is 0 Å². The molecule has 0 unspecified atom stereocenters. The van der Waals surface area contributed by atoms with Crippen LogP contribution in [-0.2, 0) is 13.1 Å². The highest BCUT2D eigenvalue weighted by Gasteiger charge is 2.05. The van der Waals surface area contributed by atoms with E-state index in [-0.39, 0.29) is 12.1 Å². The highest BCUT2D eigenvalue weighted by atomic mass is 16.5. The lowest BCUT2D eigenvalue weighted by atomic mass is 10.3. The molecule has 5 heteroatoms. The number of aromatic nitrogens is 1. The Bertz CT molecular complexity index is 637. The molecule has 2 N–H and O–H groups in total. The standard InChI is InChI=1S/C16H20N2O3/c1-2-20-14-7-3-4-8-15(14)21-11-10-18-9-5-6-13(12-17)16(18)19/h3-9H,2,10-12,17H2,1H3. The van der Waals surface area contributed by atoms with Crippen molar-refractivity contribution >= 4 is 0 Å². The van der Waals surface area contributed by atoms with Gasteiger partial charge >= 0.3 is 0 Å². The van der Waals surface area contributed by atoms with Gasteiger partial charge in [0.05, 0.1) is 13.2 Å². The molecule has 21 heavy (non-hydrogen) atoms.